The summed E-state index contributed by atoms with van der Waals surface area (Å²) in [6.07, 6.45) is 0. The normalized spacial score (nSPS) is 10.5. The Kier molecular flexibility index (Phi) is 4.02. The fourth-order valence-corrected chi connectivity index (χ4v) is 3.15. The van der Waals surface area contributed by atoms with E-state index in [0.29, 0.717) is 10.7 Å². The number of nitrogens with one attached hydrogen (secondary N) is 1. The molecule has 1 aromatic heterocycles. The van der Waals surface area contributed by atoms with Crippen LogP contribution in [0.5, 0.6) is 0 Å². The van der Waals surface area contributed by atoms with Crippen LogP contribution in [0.3, 0.4) is 0 Å². The number of hydrogen-bond acceptors (Lipinski definition) is 3. The Morgan fingerprint density at radius 2 is 1.68 bits per heavy atom. The summed E-state index contributed by atoms with van der Waals surface area (Å²) in [6, 6.07) is 17.6. The van der Waals surface area contributed by atoms with Crippen LogP contribution < -0.4 is 5.32 Å². The van der Waals surface area contributed by atoms with Crippen LogP contribution in [0.15, 0.2) is 54.6 Å². The van der Waals surface area contributed by atoms with Crippen LogP contribution in [0.2, 0.25) is 0 Å². The summed E-state index contributed by atoms with van der Waals surface area (Å²) in [6.45, 7) is 3.96. The van der Waals surface area contributed by atoms with Gasteiger partial charge in [0.15, 0.2) is 5.13 Å². The number of aromatic nitrogens is 1. The van der Waals surface area contributed by atoms with Crippen molar-refractivity contribution in [3.8, 4) is 10.4 Å². The molecule has 0 unspecified atom stereocenters. The van der Waals surface area contributed by atoms with Crippen molar-refractivity contribution in [1.82, 2.24) is 4.98 Å². The Labute approximate surface area is 133 Å². The maximum atomic E-state index is 12.2. The highest BCUT2D eigenvalue weighted by molar-refractivity contribution is 7.19. The van der Waals surface area contributed by atoms with E-state index in [1.807, 2.05) is 68.4 Å². The molecule has 0 fully saturated rings. The summed E-state index contributed by atoms with van der Waals surface area (Å²) < 4.78 is 0. The fourth-order valence-electron chi connectivity index (χ4n) is 2.18. The molecule has 1 amide bonds. The summed E-state index contributed by atoms with van der Waals surface area (Å²) >= 11 is 1.50. The van der Waals surface area contributed by atoms with Gasteiger partial charge in [-0.2, -0.15) is 0 Å². The number of carbonyl (C=O) groups excluding carboxylic acids is 1. The minimum atomic E-state index is -0.131. The van der Waals surface area contributed by atoms with E-state index in [1.54, 1.807) is 0 Å². The first-order chi connectivity index (χ1) is 10.6. The van der Waals surface area contributed by atoms with E-state index >= 15 is 0 Å². The lowest BCUT2D eigenvalue weighted by molar-refractivity contribution is 0.102. The minimum absolute atomic E-state index is 0.131. The van der Waals surface area contributed by atoms with Gasteiger partial charge in [-0.05, 0) is 31.5 Å². The van der Waals surface area contributed by atoms with E-state index in [-0.39, 0.29) is 5.91 Å². The summed E-state index contributed by atoms with van der Waals surface area (Å²) in [4.78, 5) is 17.8. The van der Waals surface area contributed by atoms with Crippen LogP contribution in [0.25, 0.3) is 10.4 Å². The Balaban J connectivity index is 1.82. The molecule has 1 heterocycles. The van der Waals surface area contributed by atoms with Gasteiger partial charge in [0.2, 0.25) is 0 Å². The van der Waals surface area contributed by atoms with Gasteiger partial charge >= 0.3 is 0 Å². The lowest BCUT2D eigenvalue weighted by Gasteiger charge is -2.01. The van der Waals surface area contributed by atoms with Gasteiger partial charge in [-0.3, -0.25) is 10.1 Å². The van der Waals surface area contributed by atoms with Crippen molar-refractivity contribution in [1.29, 1.82) is 0 Å². The summed E-state index contributed by atoms with van der Waals surface area (Å²) in [5.41, 5.74) is 3.82. The second kappa shape index (κ2) is 6.12. The number of benzene rings is 2. The van der Waals surface area contributed by atoms with Gasteiger partial charge in [0, 0.05) is 5.56 Å². The highest BCUT2D eigenvalue weighted by atomic mass is 32.1. The smallest absolute Gasteiger partial charge is 0.257 e. The van der Waals surface area contributed by atoms with E-state index in [0.717, 1.165) is 21.7 Å². The molecule has 1 N–H and O–H groups in total. The van der Waals surface area contributed by atoms with E-state index < -0.39 is 0 Å². The SMILES string of the molecule is Cc1ccc(C(=O)Nc2nc(C)c(-c3ccccc3)s2)cc1. The van der Waals surface area contributed by atoms with Crippen LogP contribution in [0.1, 0.15) is 21.6 Å². The highest BCUT2D eigenvalue weighted by Gasteiger charge is 2.12. The van der Waals surface area contributed by atoms with E-state index in [9.17, 15) is 4.79 Å². The van der Waals surface area contributed by atoms with Crippen molar-refractivity contribution in [2.24, 2.45) is 0 Å². The molecule has 22 heavy (non-hydrogen) atoms. The van der Waals surface area contributed by atoms with Crippen molar-refractivity contribution in [2.75, 3.05) is 5.32 Å². The number of amides is 1. The first-order valence-corrected chi connectivity index (χ1v) is 7.86. The zero-order valence-corrected chi connectivity index (χ0v) is 13.3. The number of carbonyl (C=O) groups is 1. The molecule has 0 radical (unpaired) electrons. The molecule has 4 heteroatoms. The maximum absolute atomic E-state index is 12.2. The second-order valence-corrected chi connectivity index (χ2v) is 6.12. The molecule has 0 saturated carbocycles. The lowest BCUT2D eigenvalue weighted by Crippen LogP contribution is -2.11. The second-order valence-electron chi connectivity index (χ2n) is 5.12. The van der Waals surface area contributed by atoms with Crippen molar-refractivity contribution in [2.45, 2.75) is 13.8 Å². The molecule has 0 saturated heterocycles. The highest BCUT2D eigenvalue weighted by Crippen LogP contribution is 2.32. The quantitative estimate of drug-likeness (QED) is 0.763. The lowest BCUT2D eigenvalue weighted by atomic mass is 10.1. The maximum Gasteiger partial charge on any atom is 0.257 e. The molecule has 0 aliphatic carbocycles. The van der Waals surface area contributed by atoms with Crippen LogP contribution >= 0.6 is 11.3 Å². The number of nitrogens with zero attached hydrogens (tertiary/aromatic N) is 1. The molecule has 3 rings (SSSR count). The predicted octanol–water partition coefficient (Wildman–Crippen LogP) is 4.68. The third kappa shape index (κ3) is 3.07. The molecule has 3 aromatic rings. The zero-order chi connectivity index (χ0) is 15.5. The zero-order valence-electron chi connectivity index (χ0n) is 12.5. The van der Waals surface area contributed by atoms with E-state index in [1.165, 1.54) is 11.3 Å². The summed E-state index contributed by atoms with van der Waals surface area (Å²) in [5.74, 6) is -0.131. The molecule has 0 spiro atoms. The average Bonchev–Trinajstić information content (AvgIpc) is 2.89. The van der Waals surface area contributed by atoms with Gasteiger partial charge in [0.05, 0.1) is 10.6 Å². The first kappa shape index (κ1) is 14.5. The summed E-state index contributed by atoms with van der Waals surface area (Å²) in [5, 5.41) is 3.50. The molecule has 3 nitrogen and oxygen atoms in total. The molecule has 0 aliphatic heterocycles. The van der Waals surface area contributed by atoms with Gasteiger partial charge in [-0.25, -0.2) is 4.98 Å². The standard InChI is InChI=1S/C18H16N2OS/c1-12-8-10-15(11-9-12)17(21)20-18-19-13(2)16(22-18)14-6-4-3-5-7-14/h3-11H,1-2H3,(H,19,20,21). The number of hydrogen-bond donors (Lipinski definition) is 1. The van der Waals surface area contributed by atoms with Crippen molar-refractivity contribution in [3.05, 3.63) is 71.4 Å². The number of anilines is 1. The van der Waals surface area contributed by atoms with Gasteiger partial charge in [-0.15, -0.1) is 0 Å². The van der Waals surface area contributed by atoms with Gasteiger partial charge < -0.3 is 0 Å². The third-order valence-corrected chi connectivity index (χ3v) is 4.49. The Morgan fingerprint density at radius 3 is 2.36 bits per heavy atom. The molecule has 0 aliphatic rings. The fraction of sp³-hybridized carbons (Fsp3) is 0.111. The van der Waals surface area contributed by atoms with Crippen LogP contribution in [0.4, 0.5) is 5.13 Å². The van der Waals surface area contributed by atoms with E-state index in [4.69, 9.17) is 0 Å². The molecule has 110 valence electrons. The largest absolute Gasteiger partial charge is 0.298 e. The van der Waals surface area contributed by atoms with Gasteiger partial charge in [0.25, 0.3) is 5.91 Å². The molecule has 0 bridgehead atoms. The Bertz CT molecular complexity index is 792. The van der Waals surface area contributed by atoms with Crippen molar-refractivity contribution in [3.63, 3.8) is 0 Å². The molecule has 2 aromatic carbocycles. The van der Waals surface area contributed by atoms with Crippen molar-refractivity contribution < 1.29 is 4.79 Å². The van der Waals surface area contributed by atoms with Crippen LogP contribution in [-0.2, 0) is 0 Å². The molecular weight excluding hydrogens is 292 g/mol. The van der Waals surface area contributed by atoms with Crippen molar-refractivity contribution >= 4 is 22.4 Å². The minimum Gasteiger partial charge on any atom is -0.298 e. The summed E-state index contributed by atoms with van der Waals surface area (Å²) in [7, 11) is 0. The Hall–Kier alpha value is -2.46. The topological polar surface area (TPSA) is 42.0 Å². The first-order valence-electron chi connectivity index (χ1n) is 7.04. The monoisotopic (exact) mass is 308 g/mol. The third-order valence-electron chi connectivity index (χ3n) is 3.37. The average molecular weight is 308 g/mol. The number of rotatable bonds is 3. The van der Waals surface area contributed by atoms with Gasteiger partial charge in [0.1, 0.15) is 0 Å². The van der Waals surface area contributed by atoms with Crippen LogP contribution in [0, 0.1) is 13.8 Å². The van der Waals surface area contributed by atoms with Gasteiger partial charge in [-0.1, -0.05) is 59.4 Å². The molecular formula is C18H16N2OS. The van der Waals surface area contributed by atoms with E-state index in [2.05, 4.69) is 10.3 Å². The Morgan fingerprint density at radius 1 is 1.00 bits per heavy atom. The predicted molar refractivity (Wildman–Crippen MR) is 91.4 cm³/mol. The number of aryl methyl sites for hydroxylation is 2. The number of thiazole rings is 1. The van der Waals surface area contributed by atoms with Crippen LogP contribution in [-0.4, -0.2) is 10.9 Å². The molecule has 0 atom stereocenters.